The van der Waals surface area contributed by atoms with Crippen molar-refractivity contribution >= 4 is 21.8 Å². The first-order valence-corrected chi connectivity index (χ1v) is 5.91. The van der Waals surface area contributed by atoms with E-state index in [4.69, 9.17) is 4.74 Å². The van der Waals surface area contributed by atoms with Gasteiger partial charge in [0.25, 0.3) is 0 Å². The lowest BCUT2D eigenvalue weighted by atomic mass is 10.1. The van der Waals surface area contributed by atoms with Crippen LogP contribution in [0.4, 0.5) is 0 Å². The van der Waals surface area contributed by atoms with E-state index < -0.39 is 0 Å². The highest BCUT2D eigenvalue weighted by Gasteiger charge is 2.13. The van der Waals surface area contributed by atoms with E-state index in [0.29, 0.717) is 0 Å². The fraction of sp³-hybridized carbons (Fsp3) is 0.200. The van der Waals surface area contributed by atoms with Crippen molar-refractivity contribution in [2.45, 2.75) is 6.61 Å². The molecule has 92 valence electrons. The number of aliphatic hydroxyl groups is 1. The number of hydrogen-bond donors (Lipinski definition) is 1. The second kappa shape index (κ2) is 4.03. The van der Waals surface area contributed by atoms with Crippen molar-refractivity contribution in [2.75, 3.05) is 7.11 Å². The summed E-state index contributed by atoms with van der Waals surface area (Å²) in [6, 6.07) is 12.2. The molecule has 0 bridgehead atoms. The molecule has 1 N–H and O–H groups in total. The van der Waals surface area contributed by atoms with Crippen LogP contribution in [0.25, 0.3) is 21.8 Å². The van der Waals surface area contributed by atoms with Gasteiger partial charge in [0.05, 0.1) is 19.2 Å². The molecule has 3 aromatic rings. The second-order valence-electron chi connectivity index (χ2n) is 4.43. The molecule has 3 rings (SSSR count). The van der Waals surface area contributed by atoms with E-state index in [1.54, 1.807) is 7.11 Å². The number of aryl methyl sites for hydroxylation is 1. The van der Waals surface area contributed by atoms with E-state index in [0.717, 1.165) is 22.2 Å². The average Bonchev–Trinajstić information content (AvgIpc) is 2.72. The molecular formula is C15H15NO2. The Labute approximate surface area is 105 Å². The fourth-order valence-electron chi connectivity index (χ4n) is 2.58. The number of aliphatic hydroxyl groups excluding tert-OH is 1. The van der Waals surface area contributed by atoms with E-state index in [1.807, 2.05) is 31.3 Å². The zero-order chi connectivity index (χ0) is 12.7. The van der Waals surface area contributed by atoms with Gasteiger partial charge in [0.1, 0.15) is 5.75 Å². The Hall–Kier alpha value is -2.00. The van der Waals surface area contributed by atoms with Crippen LogP contribution in [0.3, 0.4) is 0 Å². The summed E-state index contributed by atoms with van der Waals surface area (Å²) < 4.78 is 7.58. The van der Waals surface area contributed by atoms with Gasteiger partial charge in [0.2, 0.25) is 0 Å². The van der Waals surface area contributed by atoms with Gasteiger partial charge in [0.15, 0.2) is 0 Å². The number of hydrogen-bond acceptors (Lipinski definition) is 2. The van der Waals surface area contributed by atoms with Gasteiger partial charge in [-0.15, -0.1) is 0 Å². The standard InChI is InChI=1S/C15H15NO2/c1-16-13-6-4-3-5-11(13)12-7-10(9-17)8-14(18-2)15(12)16/h3-8,17H,9H2,1-2H3. The minimum atomic E-state index is 0.0233. The van der Waals surface area contributed by atoms with E-state index in [2.05, 4.69) is 16.7 Å². The molecule has 0 amide bonds. The molecule has 1 aromatic heterocycles. The first-order valence-electron chi connectivity index (χ1n) is 5.91. The maximum Gasteiger partial charge on any atom is 0.143 e. The number of nitrogens with zero attached hydrogens (tertiary/aromatic N) is 1. The molecule has 3 nitrogen and oxygen atoms in total. The van der Waals surface area contributed by atoms with Crippen LogP contribution >= 0.6 is 0 Å². The molecule has 0 unspecified atom stereocenters. The maximum absolute atomic E-state index is 9.33. The molecule has 18 heavy (non-hydrogen) atoms. The molecule has 0 fully saturated rings. The van der Waals surface area contributed by atoms with Gasteiger partial charge in [-0.2, -0.15) is 0 Å². The molecule has 3 heteroatoms. The number of aromatic nitrogens is 1. The van der Waals surface area contributed by atoms with Crippen molar-refractivity contribution in [2.24, 2.45) is 7.05 Å². The lowest BCUT2D eigenvalue weighted by Gasteiger charge is -2.07. The van der Waals surface area contributed by atoms with E-state index in [9.17, 15) is 5.11 Å². The second-order valence-corrected chi connectivity index (χ2v) is 4.43. The summed E-state index contributed by atoms with van der Waals surface area (Å²) in [5.74, 6) is 0.801. The van der Waals surface area contributed by atoms with Gasteiger partial charge in [-0.3, -0.25) is 0 Å². The first kappa shape index (κ1) is 11.1. The number of fused-ring (bicyclic) bond motifs is 3. The van der Waals surface area contributed by atoms with E-state index >= 15 is 0 Å². The van der Waals surface area contributed by atoms with Crippen LogP contribution in [0.2, 0.25) is 0 Å². The fourth-order valence-corrected chi connectivity index (χ4v) is 2.58. The summed E-state index contributed by atoms with van der Waals surface area (Å²) in [7, 11) is 3.69. The molecule has 0 radical (unpaired) electrons. The number of methoxy groups -OCH3 is 1. The monoisotopic (exact) mass is 241 g/mol. The molecule has 0 saturated carbocycles. The topological polar surface area (TPSA) is 34.4 Å². The first-order chi connectivity index (χ1) is 8.76. The molecule has 0 aliphatic heterocycles. The lowest BCUT2D eigenvalue weighted by molar-refractivity contribution is 0.281. The summed E-state index contributed by atoms with van der Waals surface area (Å²) in [4.78, 5) is 0. The molecular weight excluding hydrogens is 226 g/mol. The van der Waals surface area contributed by atoms with Gasteiger partial charge < -0.3 is 14.4 Å². The van der Waals surface area contributed by atoms with Crippen molar-refractivity contribution < 1.29 is 9.84 Å². The summed E-state index contributed by atoms with van der Waals surface area (Å²) in [6.45, 7) is 0.0233. The zero-order valence-electron chi connectivity index (χ0n) is 10.5. The van der Waals surface area contributed by atoms with Crippen molar-refractivity contribution in [3.05, 3.63) is 42.0 Å². The Balaban J connectivity index is 2.54. The van der Waals surface area contributed by atoms with E-state index in [1.165, 1.54) is 10.9 Å². The van der Waals surface area contributed by atoms with Crippen LogP contribution in [-0.4, -0.2) is 16.8 Å². The summed E-state index contributed by atoms with van der Waals surface area (Å²) in [5.41, 5.74) is 3.10. The third-order valence-corrected chi connectivity index (χ3v) is 3.43. The maximum atomic E-state index is 9.33. The number of para-hydroxylation sites is 1. The Morgan fingerprint density at radius 3 is 2.67 bits per heavy atom. The molecule has 0 saturated heterocycles. The minimum Gasteiger partial charge on any atom is -0.495 e. The summed E-state index contributed by atoms with van der Waals surface area (Å²) in [5, 5.41) is 11.6. The van der Waals surface area contributed by atoms with Crippen molar-refractivity contribution in [3.63, 3.8) is 0 Å². The van der Waals surface area contributed by atoms with Crippen molar-refractivity contribution in [1.82, 2.24) is 4.57 Å². The Bertz CT molecular complexity index is 728. The van der Waals surface area contributed by atoms with Crippen LogP contribution in [-0.2, 0) is 13.7 Å². The molecule has 0 spiro atoms. The number of ether oxygens (including phenoxy) is 1. The third kappa shape index (κ3) is 1.41. The predicted octanol–water partition coefficient (Wildman–Crippen LogP) is 2.83. The Kier molecular flexibility index (Phi) is 2.49. The van der Waals surface area contributed by atoms with Gasteiger partial charge in [-0.05, 0) is 23.8 Å². The van der Waals surface area contributed by atoms with Crippen molar-refractivity contribution in [1.29, 1.82) is 0 Å². The molecule has 1 heterocycles. The van der Waals surface area contributed by atoms with E-state index in [-0.39, 0.29) is 6.61 Å². The largest absolute Gasteiger partial charge is 0.495 e. The summed E-state index contributed by atoms with van der Waals surface area (Å²) in [6.07, 6.45) is 0. The zero-order valence-corrected chi connectivity index (χ0v) is 10.5. The van der Waals surface area contributed by atoms with Crippen LogP contribution < -0.4 is 4.74 Å². The van der Waals surface area contributed by atoms with Gasteiger partial charge in [-0.1, -0.05) is 18.2 Å². The summed E-state index contributed by atoms with van der Waals surface area (Å²) >= 11 is 0. The van der Waals surface area contributed by atoms with Gasteiger partial charge in [-0.25, -0.2) is 0 Å². The van der Waals surface area contributed by atoms with Crippen LogP contribution in [0.15, 0.2) is 36.4 Å². The highest BCUT2D eigenvalue weighted by Crippen LogP contribution is 2.35. The van der Waals surface area contributed by atoms with Crippen LogP contribution in [0.5, 0.6) is 5.75 Å². The van der Waals surface area contributed by atoms with Crippen LogP contribution in [0.1, 0.15) is 5.56 Å². The predicted molar refractivity (Wildman–Crippen MR) is 72.9 cm³/mol. The normalized spacial score (nSPS) is 11.3. The molecule has 0 atom stereocenters. The van der Waals surface area contributed by atoms with Crippen LogP contribution in [0, 0.1) is 0 Å². The quantitative estimate of drug-likeness (QED) is 0.748. The highest BCUT2D eigenvalue weighted by atomic mass is 16.5. The minimum absolute atomic E-state index is 0.0233. The Morgan fingerprint density at radius 1 is 1.17 bits per heavy atom. The third-order valence-electron chi connectivity index (χ3n) is 3.43. The smallest absolute Gasteiger partial charge is 0.143 e. The highest BCUT2D eigenvalue weighted by molar-refractivity contribution is 6.10. The number of benzene rings is 2. The molecule has 2 aromatic carbocycles. The Morgan fingerprint density at radius 2 is 1.94 bits per heavy atom. The lowest BCUT2D eigenvalue weighted by Crippen LogP contribution is -1.93. The molecule has 0 aliphatic rings. The van der Waals surface area contributed by atoms with Crippen molar-refractivity contribution in [3.8, 4) is 5.75 Å². The van der Waals surface area contributed by atoms with Gasteiger partial charge >= 0.3 is 0 Å². The average molecular weight is 241 g/mol. The number of rotatable bonds is 2. The molecule has 0 aliphatic carbocycles. The SMILES string of the molecule is COc1cc(CO)cc2c3ccccc3n(C)c12. The van der Waals surface area contributed by atoms with Gasteiger partial charge in [0, 0.05) is 23.3 Å².